The van der Waals surface area contributed by atoms with E-state index in [0.29, 0.717) is 12.3 Å². The predicted molar refractivity (Wildman–Crippen MR) is 67.2 cm³/mol. The lowest BCUT2D eigenvalue weighted by Gasteiger charge is -2.25. The van der Waals surface area contributed by atoms with E-state index in [1.165, 1.54) is 18.2 Å². The largest absolute Gasteiger partial charge is 0.479 e. The topological polar surface area (TPSA) is 125 Å². The van der Waals surface area contributed by atoms with Crippen molar-refractivity contribution in [2.45, 2.75) is 12.0 Å². The molecule has 0 radical (unpaired) electrons. The summed E-state index contributed by atoms with van der Waals surface area (Å²) in [6.45, 7) is 0.318. The van der Waals surface area contributed by atoms with E-state index < -0.39 is 16.4 Å². The molecule has 0 aliphatic carbocycles. The van der Waals surface area contributed by atoms with Crippen LogP contribution in [0.5, 0.6) is 0 Å². The minimum atomic E-state index is -1.26. The quantitative estimate of drug-likeness (QED) is 0.623. The zero-order valence-electron chi connectivity index (χ0n) is 10.3. The van der Waals surface area contributed by atoms with Crippen LogP contribution in [0.3, 0.4) is 0 Å². The number of benzene rings is 1. The number of nitriles is 1. The van der Waals surface area contributed by atoms with Crippen molar-refractivity contribution in [1.29, 1.82) is 5.26 Å². The predicted octanol–water partition coefficient (Wildman–Crippen LogP) is 1.12. The second kappa shape index (κ2) is 5.14. The number of aliphatic carboxylic acids is 1. The number of ether oxygens (including phenoxy) is 1. The number of carboxylic acids is 1. The van der Waals surface area contributed by atoms with Gasteiger partial charge in [0.1, 0.15) is 11.6 Å². The SMILES string of the molecule is N#Cc1cc(NC2(C(=O)O)CCOC2)ccc1[N+](=O)[O-]. The smallest absolute Gasteiger partial charge is 0.331 e. The van der Waals surface area contributed by atoms with E-state index in [1.807, 2.05) is 0 Å². The molecule has 8 heteroatoms. The summed E-state index contributed by atoms with van der Waals surface area (Å²) in [5.74, 6) is -1.06. The standard InChI is InChI=1S/C12H11N3O5/c13-6-8-5-9(1-2-10(8)15(18)19)14-12(11(16)17)3-4-20-7-12/h1-2,5,14H,3-4,7H2,(H,16,17). The Hall–Kier alpha value is -2.66. The van der Waals surface area contributed by atoms with Gasteiger partial charge in [-0.25, -0.2) is 4.79 Å². The highest BCUT2D eigenvalue weighted by molar-refractivity contribution is 5.83. The third kappa shape index (κ3) is 2.39. The van der Waals surface area contributed by atoms with Crippen molar-refractivity contribution in [3.05, 3.63) is 33.9 Å². The van der Waals surface area contributed by atoms with Crippen molar-refractivity contribution in [3.8, 4) is 6.07 Å². The van der Waals surface area contributed by atoms with E-state index in [2.05, 4.69) is 5.32 Å². The lowest BCUT2D eigenvalue weighted by molar-refractivity contribution is -0.385. The van der Waals surface area contributed by atoms with Gasteiger partial charge in [-0.2, -0.15) is 5.26 Å². The fraction of sp³-hybridized carbons (Fsp3) is 0.333. The van der Waals surface area contributed by atoms with Gasteiger partial charge in [-0.1, -0.05) is 0 Å². The lowest BCUT2D eigenvalue weighted by Crippen LogP contribution is -2.47. The average Bonchev–Trinajstić information content (AvgIpc) is 2.88. The van der Waals surface area contributed by atoms with Gasteiger partial charge in [0.25, 0.3) is 5.69 Å². The molecular weight excluding hydrogens is 266 g/mol. The fourth-order valence-electron chi connectivity index (χ4n) is 2.02. The van der Waals surface area contributed by atoms with Gasteiger partial charge in [-0.15, -0.1) is 0 Å². The van der Waals surface area contributed by atoms with E-state index in [1.54, 1.807) is 6.07 Å². The van der Waals surface area contributed by atoms with Crippen LogP contribution >= 0.6 is 0 Å². The minimum absolute atomic E-state index is 0.00120. The van der Waals surface area contributed by atoms with Gasteiger partial charge in [0.2, 0.25) is 0 Å². The number of carbonyl (C=O) groups is 1. The van der Waals surface area contributed by atoms with Gasteiger partial charge in [0.15, 0.2) is 5.54 Å². The van der Waals surface area contributed by atoms with Gasteiger partial charge in [-0.3, -0.25) is 10.1 Å². The number of hydrogen-bond donors (Lipinski definition) is 2. The van der Waals surface area contributed by atoms with Gasteiger partial charge in [0.05, 0.1) is 11.5 Å². The summed E-state index contributed by atoms with van der Waals surface area (Å²) in [6.07, 6.45) is 0.279. The van der Waals surface area contributed by atoms with Crippen molar-refractivity contribution >= 4 is 17.3 Å². The molecule has 2 rings (SSSR count). The molecule has 1 saturated heterocycles. The summed E-state index contributed by atoms with van der Waals surface area (Å²) in [6, 6.07) is 5.54. The van der Waals surface area contributed by atoms with Crippen molar-refractivity contribution in [1.82, 2.24) is 0 Å². The first-order valence-electron chi connectivity index (χ1n) is 5.76. The minimum Gasteiger partial charge on any atom is -0.479 e. The maximum absolute atomic E-state index is 11.3. The van der Waals surface area contributed by atoms with Gasteiger partial charge in [0, 0.05) is 24.8 Å². The molecule has 0 spiro atoms. The Morgan fingerprint density at radius 2 is 2.35 bits per heavy atom. The van der Waals surface area contributed by atoms with E-state index in [9.17, 15) is 20.0 Å². The zero-order valence-corrected chi connectivity index (χ0v) is 10.3. The van der Waals surface area contributed by atoms with E-state index in [-0.39, 0.29) is 24.3 Å². The highest BCUT2D eigenvalue weighted by Crippen LogP contribution is 2.28. The monoisotopic (exact) mass is 277 g/mol. The summed E-state index contributed by atoms with van der Waals surface area (Å²) >= 11 is 0. The number of nitrogens with one attached hydrogen (secondary N) is 1. The molecule has 8 nitrogen and oxygen atoms in total. The summed E-state index contributed by atoms with van der Waals surface area (Å²) in [7, 11) is 0. The molecule has 20 heavy (non-hydrogen) atoms. The summed E-state index contributed by atoms with van der Waals surface area (Å²) < 4.78 is 5.10. The number of rotatable bonds is 4. The van der Waals surface area contributed by atoms with Crippen LogP contribution in [0.15, 0.2) is 18.2 Å². The maximum Gasteiger partial charge on any atom is 0.331 e. The third-order valence-electron chi connectivity index (χ3n) is 3.13. The zero-order chi connectivity index (χ0) is 14.8. The Kier molecular flexibility index (Phi) is 3.54. The van der Waals surface area contributed by atoms with E-state index >= 15 is 0 Å². The van der Waals surface area contributed by atoms with Gasteiger partial charge >= 0.3 is 5.97 Å². The van der Waals surface area contributed by atoms with E-state index in [0.717, 1.165) is 0 Å². The van der Waals surface area contributed by atoms with Crippen LogP contribution in [0.2, 0.25) is 0 Å². The Morgan fingerprint density at radius 1 is 1.60 bits per heavy atom. The van der Waals surface area contributed by atoms with Crippen molar-refractivity contribution < 1.29 is 19.6 Å². The molecular formula is C12H11N3O5. The van der Waals surface area contributed by atoms with E-state index in [4.69, 9.17) is 10.00 Å². The molecule has 1 atom stereocenters. The second-order valence-electron chi connectivity index (χ2n) is 4.42. The van der Waals surface area contributed by atoms with Crippen LogP contribution in [-0.4, -0.2) is 34.8 Å². The molecule has 1 aromatic carbocycles. The van der Waals surface area contributed by atoms with Crippen molar-refractivity contribution in [2.24, 2.45) is 0 Å². The molecule has 1 aliphatic rings. The molecule has 1 heterocycles. The Morgan fingerprint density at radius 3 is 2.85 bits per heavy atom. The van der Waals surface area contributed by atoms with Gasteiger partial charge < -0.3 is 15.2 Å². The van der Waals surface area contributed by atoms with Crippen molar-refractivity contribution in [3.63, 3.8) is 0 Å². The molecule has 0 bridgehead atoms. The second-order valence-corrected chi connectivity index (χ2v) is 4.42. The molecule has 1 aromatic rings. The maximum atomic E-state index is 11.3. The first-order chi connectivity index (χ1) is 9.48. The molecule has 0 aromatic heterocycles. The number of nitro groups is 1. The fourth-order valence-corrected chi connectivity index (χ4v) is 2.02. The van der Waals surface area contributed by atoms with Gasteiger partial charge in [-0.05, 0) is 12.1 Å². The summed E-state index contributed by atoms with van der Waals surface area (Å²) in [5, 5.41) is 31.7. The van der Waals surface area contributed by atoms with Crippen LogP contribution in [0, 0.1) is 21.4 Å². The van der Waals surface area contributed by atoms with Crippen LogP contribution in [0.1, 0.15) is 12.0 Å². The number of nitrogens with zero attached hydrogens (tertiary/aromatic N) is 2. The molecule has 104 valence electrons. The molecule has 0 amide bonds. The Labute approximate surface area is 113 Å². The molecule has 1 unspecified atom stereocenters. The number of hydrogen-bond acceptors (Lipinski definition) is 6. The van der Waals surface area contributed by atoms with Crippen LogP contribution in [-0.2, 0) is 9.53 Å². The highest BCUT2D eigenvalue weighted by Gasteiger charge is 2.42. The van der Waals surface area contributed by atoms with Crippen molar-refractivity contribution in [2.75, 3.05) is 18.5 Å². The Bertz CT molecular complexity index is 602. The number of anilines is 1. The summed E-state index contributed by atoms with van der Waals surface area (Å²) in [4.78, 5) is 21.4. The molecule has 2 N–H and O–H groups in total. The van der Waals surface area contributed by atoms with Crippen LogP contribution in [0.25, 0.3) is 0 Å². The average molecular weight is 277 g/mol. The molecule has 1 fully saturated rings. The van der Waals surface area contributed by atoms with Crippen LogP contribution in [0.4, 0.5) is 11.4 Å². The first-order valence-corrected chi connectivity index (χ1v) is 5.76. The number of carboxylic acid groups (broad SMARTS) is 1. The van der Waals surface area contributed by atoms with Crippen LogP contribution < -0.4 is 5.32 Å². The third-order valence-corrected chi connectivity index (χ3v) is 3.13. The summed E-state index contributed by atoms with van der Waals surface area (Å²) in [5.41, 5.74) is -1.37. The Balaban J connectivity index is 2.33. The highest BCUT2D eigenvalue weighted by atomic mass is 16.6. The normalized spacial score (nSPS) is 21.1. The first kappa shape index (κ1) is 13.8. The molecule has 1 aliphatic heterocycles. The molecule has 0 saturated carbocycles. The lowest BCUT2D eigenvalue weighted by atomic mass is 9.98. The number of nitro benzene ring substituents is 1.